The smallest absolute Gasteiger partial charge is 0.263 e. The fraction of sp³-hybridized carbons (Fsp3) is 0.241. The Morgan fingerprint density at radius 3 is 2.46 bits per heavy atom. The molecule has 0 atom stereocenters. The molecule has 0 aliphatic carbocycles. The zero-order valence-corrected chi connectivity index (χ0v) is 21.0. The number of ether oxygens (including phenoxy) is 2. The van der Waals surface area contributed by atoms with Gasteiger partial charge in [0.1, 0.15) is 0 Å². The minimum Gasteiger partial charge on any atom is -0.454 e. The lowest BCUT2D eigenvalue weighted by Gasteiger charge is -2.36. The van der Waals surface area contributed by atoms with Crippen LogP contribution in [0.2, 0.25) is 0 Å². The van der Waals surface area contributed by atoms with Gasteiger partial charge in [-0.05, 0) is 41.5 Å². The molecule has 0 spiro atoms. The molecule has 0 radical (unpaired) electrons. The second kappa shape index (κ2) is 9.92. The average Bonchev–Trinajstić information content (AvgIpc) is 3.48. The maximum absolute atomic E-state index is 13.5. The van der Waals surface area contributed by atoms with Gasteiger partial charge in [0.05, 0.1) is 23.4 Å². The van der Waals surface area contributed by atoms with E-state index in [-0.39, 0.29) is 25.2 Å². The van der Waals surface area contributed by atoms with Crippen LogP contribution in [-0.4, -0.2) is 61.1 Å². The fourth-order valence-electron chi connectivity index (χ4n) is 5.08. The lowest BCUT2D eigenvalue weighted by atomic mass is 10.1. The number of imide groups is 1. The van der Waals surface area contributed by atoms with Crippen LogP contribution in [-0.2, 0) is 6.54 Å². The van der Waals surface area contributed by atoms with Crippen LogP contribution < -0.4 is 14.4 Å². The molecule has 1 saturated heterocycles. The van der Waals surface area contributed by atoms with Crippen LogP contribution in [0, 0.1) is 0 Å². The molecule has 188 valence electrons. The van der Waals surface area contributed by atoms with Gasteiger partial charge in [-0.25, -0.2) is 0 Å². The van der Waals surface area contributed by atoms with E-state index >= 15 is 0 Å². The zero-order chi connectivity index (χ0) is 25.4. The highest BCUT2D eigenvalue weighted by atomic mass is 35.5. The van der Waals surface area contributed by atoms with Gasteiger partial charge in [-0.3, -0.25) is 19.4 Å². The highest BCUT2D eigenvalue weighted by Gasteiger charge is 2.39. The van der Waals surface area contributed by atoms with E-state index in [9.17, 15) is 9.59 Å². The van der Waals surface area contributed by atoms with Gasteiger partial charge in [-0.15, -0.1) is 0 Å². The summed E-state index contributed by atoms with van der Waals surface area (Å²) in [7, 11) is 0. The summed E-state index contributed by atoms with van der Waals surface area (Å²) in [6.07, 6.45) is 2.00. The standard InChI is InChI=1S/C29H26ClN3O4/c30-22(15-20-5-2-1-3-6-20)18-31-11-13-32(14-12-31)24-8-4-7-23-27(24)29(35)33(28(23)34)17-21-9-10-25-26(16-21)37-19-36-25/h1-10,15-16H,11-14,17-19H2/b22-15-. The van der Waals surface area contributed by atoms with Gasteiger partial charge in [0, 0.05) is 37.8 Å². The second-order valence-corrected chi connectivity index (χ2v) is 9.83. The molecule has 3 aliphatic heterocycles. The highest BCUT2D eigenvalue weighted by Crippen LogP contribution is 2.36. The normalized spacial score (nSPS) is 17.5. The largest absolute Gasteiger partial charge is 0.454 e. The van der Waals surface area contributed by atoms with Crippen molar-refractivity contribution in [1.29, 1.82) is 0 Å². The van der Waals surface area contributed by atoms with Crippen molar-refractivity contribution in [2.45, 2.75) is 6.54 Å². The number of anilines is 1. The number of rotatable bonds is 6. The first-order chi connectivity index (χ1) is 18.1. The van der Waals surface area contributed by atoms with E-state index in [1.807, 2.05) is 66.7 Å². The van der Waals surface area contributed by atoms with E-state index in [0.717, 1.165) is 48.0 Å². The van der Waals surface area contributed by atoms with E-state index in [1.165, 1.54) is 4.90 Å². The lowest BCUT2D eigenvalue weighted by Crippen LogP contribution is -2.47. The van der Waals surface area contributed by atoms with Gasteiger partial charge in [0.2, 0.25) is 6.79 Å². The summed E-state index contributed by atoms with van der Waals surface area (Å²) in [5, 5.41) is 0.792. The summed E-state index contributed by atoms with van der Waals surface area (Å²) in [5.41, 5.74) is 3.66. The molecule has 0 aromatic heterocycles. The molecule has 3 aromatic rings. The number of fused-ring (bicyclic) bond motifs is 2. The number of nitrogens with zero attached hydrogens (tertiary/aromatic N) is 3. The van der Waals surface area contributed by atoms with Crippen molar-refractivity contribution < 1.29 is 19.1 Å². The molecule has 3 heterocycles. The van der Waals surface area contributed by atoms with E-state index in [0.29, 0.717) is 29.2 Å². The van der Waals surface area contributed by atoms with Gasteiger partial charge >= 0.3 is 0 Å². The molecule has 8 heteroatoms. The first-order valence-electron chi connectivity index (χ1n) is 12.3. The summed E-state index contributed by atoms with van der Waals surface area (Å²) >= 11 is 6.53. The molecular weight excluding hydrogens is 490 g/mol. The Morgan fingerprint density at radius 1 is 0.865 bits per heavy atom. The van der Waals surface area contributed by atoms with Crippen molar-refractivity contribution in [2.24, 2.45) is 0 Å². The molecule has 2 amide bonds. The minimum atomic E-state index is -0.268. The SMILES string of the molecule is O=C1c2cccc(N3CCN(C/C(Cl)=C/c4ccccc4)CC3)c2C(=O)N1Cc1ccc2c(c1)OCO2. The van der Waals surface area contributed by atoms with Gasteiger partial charge in [0.25, 0.3) is 11.8 Å². The zero-order valence-electron chi connectivity index (χ0n) is 20.2. The summed E-state index contributed by atoms with van der Waals surface area (Å²) in [6, 6.07) is 21.1. The Kier molecular flexibility index (Phi) is 6.32. The topological polar surface area (TPSA) is 62.3 Å². The highest BCUT2D eigenvalue weighted by molar-refractivity contribution is 6.31. The van der Waals surface area contributed by atoms with Crippen LogP contribution in [0.25, 0.3) is 6.08 Å². The van der Waals surface area contributed by atoms with Crippen LogP contribution in [0.4, 0.5) is 5.69 Å². The van der Waals surface area contributed by atoms with Gasteiger partial charge in [-0.1, -0.05) is 54.1 Å². The molecule has 37 heavy (non-hydrogen) atoms. The molecule has 0 bridgehead atoms. The van der Waals surface area contributed by atoms with Crippen LogP contribution in [0.15, 0.2) is 71.8 Å². The Labute approximate surface area is 220 Å². The molecule has 6 rings (SSSR count). The Bertz CT molecular complexity index is 1380. The second-order valence-electron chi connectivity index (χ2n) is 9.35. The van der Waals surface area contributed by atoms with Crippen molar-refractivity contribution in [1.82, 2.24) is 9.80 Å². The van der Waals surface area contributed by atoms with Crippen molar-refractivity contribution in [3.8, 4) is 11.5 Å². The van der Waals surface area contributed by atoms with Crippen LogP contribution >= 0.6 is 11.6 Å². The number of halogens is 1. The van der Waals surface area contributed by atoms with Gasteiger partial charge in [-0.2, -0.15) is 0 Å². The number of hydrogen-bond donors (Lipinski definition) is 0. The Hall–Kier alpha value is -3.81. The molecule has 3 aliphatic rings. The molecule has 0 unspecified atom stereocenters. The average molecular weight is 516 g/mol. The van der Waals surface area contributed by atoms with E-state index < -0.39 is 0 Å². The summed E-state index contributed by atoms with van der Waals surface area (Å²) in [4.78, 5) is 32.5. The van der Waals surface area contributed by atoms with Crippen LogP contribution in [0.5, 0.6) is 11.5 Å². The van der Waals surface area contributed by atoms with Gasteiger partial charge < -0.3 is 14.4 Å². The van der Waals surface area contributed by atoms with Crippen molar-refractivity contribution in [2.75, 3.05) is 44.4 Å². The molecule has 7 nitrogen and oxygen atoms in total. The fourth-order valence-corrected chi connectivity index (χ4v) is 5.38. The van der Waals surface area contributed by atoms with E-state index in [1.54, 1.807) is 6.07 Å². The molecule has 0 saturated carbocycles. The molecular formula is C29H26ClN3O4. The third-order valence-corrected chi connectivity index (χ3v) is 7.19. The monoisotopic (exact) mass is 515 g/mol. The summed E-state index contributed by atoms with van der Waals surface area (Å²) < 4.78 is 10.8. The Morgan fingerprint density at radius 2 is 1.65 bits per heavy atom. The van der Waals surface area contributed by atoms with Crippen molar-refractivity contribution in [3.05, 3.63) is 94.0 Å². The third-order valence-electron chi connectivity index (χ3n) is 6.97. The maximum atomic E-state index is 13.5. The number of amides is 2. The summed E-state index contributed by atoms with van der Waals surface area (Å²) in [6.45, 7) is 4.15. The number of benzene rings is 3. The first kappa shape index (κ1) is 23.6. The summed E-state index contributed by atoms with van der Waals surface area (Å²) in [5.74, 6) is 0.774. The van der Waals surface area contributed by atoms with E-state index in [2.05, 4.69) is 9.80 Å². The molecule has 0 N–H and O–H groups in total. The molecule has 1 fully saturated rings. The Balaban J connectivity index is 1.14. The number of piperazine rings is 1. The number of carbonyl (C=O) groups is 2. The quantitative estimate of drug-likeness (QED) is 0.447. The van der Waals surface area contributed by atoms with Crippen molar-refractivity contribution >= 4 is 35.2 Å². The van der Waals surface area contributed by atoms with Gasteiger partial charge in [0.15, 0.2) is 11.5 Å². The van der Waals surface area contributed by atoms with E-state index in [4.69, 9.17) is 21.1 Å². The predicted molar refractivity (Wildman–Crippen MR) is 142 cm³/mol. The maximum Gasteiger partial charge on any atom is 0.263 e. The number of hydrogen-bond acceptors (Lipinski definition) is 6. The van der Waals surface area contributed by atoms with Crippen LogP contribution in [0.3, 0.4) is 0 Å². The van der Waals surface area contributed by atoms with Crippen LogP contribution in [0.1, 0.15) is 31.8 Å². The molecule has 3 aromatic carbocycles. The van der Waals surface area contributed by atoms with Crippen molar-refractivity contribution in [3.63, 3.8) is 0 Å². The minimum absolute atomic E-state index is 0.179. The first-order valence-corrected chi connectivity index (χ1v) is 12.7. The predicted octanol–water partition coefficient (Wildman–Crippen LogP) is 4.61. The lowest BCUT2D eigenvalue weighted by molar-refractivity contribution is 0.0642. The number of carbonyl (C=O) groups excluding carboxylic acids is 2. The third kappa shape index (κ3) is 4.68.